The van der Waals surface area contributed by atoms with Crippen LogP contribution in [0.1, 0.15) is 46.4 Å². The predicted octanol–water partition coefficient (Wildman–Crippen LogP) is 5.36. The molecule has 2 aliphatic rings. The van der Waals surface area contributed by atoms with Crippen molar-refractivity contribution in [3.63, 3.8) is 0 Å². The van der Waals surface area contributed by atoms with Crippen molar-refractivity contribution in [2.75, 3.05) is 18.4 Å². The van der Waals surface area contributed by atoms with E-state index in [9.17, 15) is 4.79 Å². The second-order valence-electron chi connectivity index (χ2n) is 9.03. The number of nitrogens with zero attached hydrogens (tertiary/aromatic N) is 3. The van der Waals surface area contributed by atoms with Gasteiger partial charge in [-0.2, -0.15) is 0 Å². The summed E-state index contributed by atoms with van der Waals surface area (Å²) in [5.74, 6) is 1.42. The van der Waals surface area contributed by atoms with Crippen LogP contribution in [-0.2, 0) is 19.4 Å². The van der Waals surface area contributed by atoms with Crippen molar-refractivity contribution < 1.29 is 4.79 Å². The zero-order valence-electron chi connectivity index (χ0n) is 18.9. The summed E-state index contributed by atoms with van der Waals surface area (Å²) in [6.07, 6.45) is 10.9. The normalized spacial score (nSPS) is 16.7. The fraction of sp³-hybridized carbons (Fsp3) is 0.321. The number of carbonyl (C=O) groups excluding carboxylic acids is 1. The highest BCUT2D eigenvalue weighted by Gasteiger charge is 2.18. The standard InChI is InChI=1S/C28H30N4O/c33-27(14-9-21-15-17-32(18-16-21)19-22-5-2-1-3-6-22)23-10-12-24(13-11-23)31-28-25-7-4-8-26(25)29-20-30-28/h1-3,5-6,9-14,20-21H,4,7-8,15-19H2,(H,29,30,31). The number of hydrogen-bond acceptors (Lipinski definition) is 5. The summed E-state index contributed by atoms with van der Waals surface area (Å²) in [5.41, 5.74) is 5.38. The molecule has 33 heavy (non-hydrogen) atoms. The first-order valence-electron chi connectivity index (χ1n) is 11.9. The molecule has 5 heteroatoms. The van der Waals surface area contributed by atoms with E-state index >= 15 is 0 Å². The van der Waals surface area contributed by atoms with Crippen LogP contribution in [0.25, 0.3) is 0 Å². The highest BCUT2D eigenvalue weighted by molar-refractivity contribution is 6.04. The summed E-state index contributed by atoms with van der Waals surface area (Å²) in [5, 5.41) is 3.39. The van der Waals surface area contributed by atoms with Crippen molar-refractivity contribution in [3.8, 4) is 0 Å². The van der Waals surface area contributed by atoms with Gasteiger partial charge in [0.25, 0.3) is 0 Å². The van der Waals surface area contributed by atoms with Crippen molar-refractivity contribution in [1.29, 1.82) is 0 Å². The van der Waals surface area contributed by atoms with Gasteiger partial charge in [0.05, 0.1) is 0 Å². The van der Waals surface area contributed by atoms with Gasteiger partial charge in [-0.3, -0.25) is 9.69 Å². The number of fused-ring (bicyclic) bond motifs is 1. The lowest BCUT2D eigenvalue weighted by atomic mass is 9.95. The van der Waals surface area contributed by atoms with Crippen LogP contribution >= 0.6 is 0 Å². The molecule has 0 amide bonds. The maximum absolute atomic E-state index is 12.7. The second-order valence-corrected chi connectivity index (χ2v) is 9.03. The van der Waals surface area contributed by atoms with Crippen LogP contribution in [0.4, 0.5) is 11.5 Å². The first kappa shape index (κ1) is 21.5. The summed E-state index contributed by atoms with van der Waals surface area (Å²) in [7, 11) is 0. The highest BCUT2D eigenvalue weighted by Crippen LogP contribution is 2.27. The monoisotopic (exact) mass is 438 g/mol. The minimum Gasteiger partial charge on any atom is -0.340 e. The van der Waals surface area contributed by atoms with Crippen LogP contribution in [-0.4, -0.2) is 33.7 Å². The van der Waals surface area contributed by atoms with Crippen LogP contribution in [0.5, 0.6) is 0 Å². The first-order valence-corrected chi connectivity index (χ1v) is 11.9. The number of aryl methyl sites for hydroxylation is 1. The van der Waals surface area contributed by atoms with E-state index in [-0.39, 0.29) is 5.78 Å². The van der Waals surface area contributed by atoms with E-state index < -0.39 is 0 Å². The molecule has 0 bridgehead atoms. The number of aromatic nitrogens is 2. The smallest absolute Gasteiger partial charge is 0.185 e. The number of hydrogen-bond donors (Lipinski definition) is 1. The van der Waals surface area contributed by atoms with Gasteiger partial charge in [0, 0.05) is 29.1 Å². The van der Waals surface area contributed by atoms with Crippen molar-refractivity contribution in [2.45, 2.75) is 38.6 Å². The van der Waals surface area contributed by atoms with Crippen LogP contribution in [0.2, 0.25) is 0 Å². The second kappa shape index (κ2) is 10.1. The third-order valence-corrected chi connectivity index (χ3v) is 6.71. The number of piperidine rings is 1. The Morgan fingerprint density at radius 3 is 2.58 bits per heavy atom. The average molecular weight is 439 g/mol. The number of nitrogens with one attached hydrogen (secondary N) is 1. The molecule has 1 aliphatic heterocycles. The van der Waals surface area contributed by atoms with E-state index in [2.05, 4.69) is 56.6 Å². The van der Waals surface area contributed by atoms with Crippen molar-refractivity contribution in [2.24, 2.45) is 5.92 Å². The topological polar surface area (TPSA) is 58.1 Å². The zero-order valence-corrected chi connectivity index (χ0v) is 18.9. The molecule has 2 aromatic carbocycles. The lowest BCUT2D eigenvalue weighted by molar-refractivity contribution is 0.104. The Kier molecular flexibility index (Phi) is 6.58. The van der Waals surface area contributed by atoms with Crippen LogP contribution in [0.15, 0.2) is 73.1 Å². The molecule has 5 nitrogen and oxygen atoms in total. The van der Waals surface area contributed by atoms with Crippen molar-refractivity contribution in [1.82, 2.24) is 14.9 Å². The van der Waals surface area contributed by atoms with Gasteiger partial charge in [0.1, 0.15) is 12.1 Å². The number of likely N-dealkylation sites (tertiary alicyclic amines) is 1. The Hall–Kier alpha value is -3.31. The largest absolute Gasteiger partial charge is 0.340 e. The zero-order chi connectivity index (χ0) is 22.5. The number of rotatable bonds is 7. The van der Waals surface area contributed by atoms with E-state index in [0.29, 0.717) is 11.5 Å². The van der Waals surface area contributed by atoms with Gasteiger partial charge in [-0.05, 0) is 87.0 Å². The fourth-order valence-corrected chi connectivity index (χ4v) is 4.79. The van der Waals surface area contributed by atoms with Crippen molar-refractivity contribution >= 4 is 17.3 Å². The molecule has 168 valence electrons. The van der Waals surface area contributed by atoms with E-state index in [1.54, 1.807) is 12.4 Å². The summed E-state index contributed by atoms with van der Waals surface area (Å²) in [6.45, 7) is 3.16. The molecule has 1 fully saturated rings. The Bertz CT molecular complexity index is 1120. The molecule has 2 heterocycles. The van der Waals surface area contributed by atoms with E-state index in [4.69, 9.17) is 0 Å². The van der Waals surface area contributed by atoms with Gasteiger partial charge in [0.2, 0.25) is 0 Å². The predicted molar refractivity (Wildman–Crippen MR) is 132 cm³/mol. The fourth-order valence-electron chi connectivity index (χ4n) is 4.79. The van der Waals surface area contributed by atoms with Crippen LogP contribution < -0.4 is 5.32 Å². The van der Waals surface area contributed by atoms with Gasteiger partial charge >= 0.3 is 0 Å². The first-order chi connectivity index (χ1) is 16.2. The van der Waals surface area contributed by atoms with Gasteiger partial charge < -0.3 is 5.32 Å². The Labute approximate surface area is 195 Å². The Morgan fingerprint density at radius 2 is 1.79 bits per heavy atom. The van der Waals surface area contributed by atoms with E-state index in [1.165, 1.54) is 11.1 Å². The Balaban J connectivity index is 1.13. The highest BCUT2D eigenvalue weighted by atomic mass is 16.1. The van der Waals surface area contributed by atoms with Crippen LogP contribution in [0.3, 0.4) is 0 Å². The molecule has 0 spiro atoms. The molecule has 3 aromatic rings. The molecular formula is C28H30N4O. The maximum atomic E-state index is 12.7. The van der Waals surface area contributed by atoms with E-state index in [0.717, 1.165) is 68.9 Å². The lowest BCUT2D eigenvalue weighted by Gasteiger charge is -2.30. The molecule has 1 N–H and O–H groups in total. The summed E-state index contributed by atoms with van der Waals surface area (Å²) >= 11 is 0. The minimum absolute atomic E-state index is 0.0659. The summed E-state index contributed by atoms with van der Waals surface area (Å²) in [4.78, 5) is 24.0. The third-order valence-electron chi connectivity index (χ3n) is 6.71. The molecular weight excluding hydrogens is 408 g/mol. The maximum Gasteiger partial charge on any atom is 0.185 e. The molecule has 0 saturated carbocycles. The number of ketones is 1. The average Bonchev–Trinajstić information content (AvgIpc) is 3.35. The molecule has 0 unspecified atom stereocenters. The van der Waals surface area contributed by atoms with Crippen molar-refractivity contribution in [3.05, 3.63) is 95.5 Å². The third kappa shape index (κ3) is 5.37. The summed E-state index contributed by atoms with van der Waals surface area (Å²) in [6, 6.07) is 18.3. The number of anilines is 2. The Morgan fingerprint density at radius 1 is 1.00 bits per heavy atom. The SMILES string of the molecule is O=C(C=CC1CCN(Cc2ccccc2)CC1)c1ccc(Nc2ncnc3c2CCC3)cc1. The van der Waals surface area contributed by atoms with E-state index in [1.807, 2.05) is 24.3 Å². The summed E-state index contributed by atoms with van der Waals surface area (Å²) < 4.78 is 0. The molecule has 0 atom stereocenters. The van der Waals surface area contributed by atoms with Gasteiger partial charge in [-0.1, -0.05) is 36.4 Å². The number of benzene rings is 2. The van der Waals surface area contributed by atoms with Gasteiger partial charge in [-0.25, -0.2) is 9.97 Å². The van der Waals surface area contributed by atoms with Gasteiger partial charge in [0.15, 0.2) is 5.78 Å². The molecule has 0 radical (unpaired) electrons. The molecule has 1 saturated heterocycles. The lowest BCUT2D eigenvalue weighted by Crippen LogP contribution is -2.32. The number of allylic oxidation sites excluding steroid dienone is 2. The van der Waals surface area contributed by atoms with Gasteiger partial charge in [-0.15, -0.1) is 0 Å². The molecule has 5 rings (SSSR count). The number of carbonyl (C=O) groups is 1. The molecule has 1 aliphatic carbocycles. The van der Waals surface area contributed by atoms with Crippen LogP contribution in [0, 0.1) is 5.92 Å². The minimum atomic E-state index is 0.0659. The molecule has 1 aromatic heterocycles. The quantitative estimate of drug-likeness (QED) is 0.397.